The van der Waals surface area contributed by atoms with Crippen LogP contribution in [0.5, 0.6) is 0 Å². The molecule has 45 heavy (non-hydrogen) atoms. The second kappa shape index (κ2) is 11.8. The van der Waals surface area contributed by atoms with E-state index in [1.165, 1.54) is 8.87 Å². The number of nitriles is 1. The highest BCUT2D eigenvalue weighted by molar-refractivity contribution is 7.91. The van der Waals surface area contributed by atoms with E-state index in [-0.39, 0.29) is 5.91 Å². The number of nitrogens with zero attached hydrogens (tertiary/aromatic N) is 5. The fourth-order valence-electron chi connectivity index (χ4n) is 6.44. The molecule has 1 aliphatic heterocycles. The number of benzene rings is 2. The fourth-order valence-corrected chi connectivity index (χ4v) is 8.09. The largest absolute Gasteiger partial charge is 0.345 e. The van der Waals surface area contributed by atoms with Crippen LogP contribution in [0.1, 0.15) is 59.2 Å². The van der Waals surface area contributed by atoms with Crippen molar-refractivity contribution in [1.82, 2.24) is 18.8 Å². The maximum Gasteiger partial charge on any atom is 0.253 e. The number of hydrogen-bond acceptors (Lipinski definition) is 6. The zero-order valence-corrected chi connectivity index (χ0v) is 26.9. The Kier molecular flexibility index (Phi) is 7.98. The van der Waals surface area contributed by atoms with Crippen molar-refractivity contribution >= 4 is 32.5 Å². The lowest BCUT2D eigenvalue weighted by Gasteiger charge is -2.30. The van der Waals surface area contributed by atoms with Crippen molar-refractivity contribution in [2.45, 2.75) is 36.9 Å². The lowest BCUT2D eigenvalue weighted by molar-refractivity contribution is 0.0827. The Morgan fingerprint density at radius 1 is 1.07 bits per heavy atom. The lowest BCUT2D eigenvalue weighted by atomic mass is 9.84. The molecule has 0 N–H and O–H groups in total. The van der Waals surface area contributed by atoms with E-state index >= 15 is 0 Å². The Morgan fingerprint density at radius 2 is 1.78 bits per heavy atom. The first-order chi connectivity index (χ1) is 21.5. The molecule has 8 nitrogen and oxygen atoms in total. The zero-order valence-electron chi connectivity index (χ0n) is 26.1. The van der Waals surface area contributed by atoms with Crippen molar-refractivity contribution < 1.29 is 13.2 Å². The molecule has 0 radical (unpaired) electrons. The molecule has 3 heterocycles. The number of amides is 1. The first-order valence-electron chi connectivity index (χ1n) is 15.2. The van der Waals surface area contributed by atoms with Gasteiger partial charge in [0.2, 0.25) is 10.0 Å². The average molecular weight is 620 g/mol. The molecule has 1 unspecified atom stereocenters. The third kappa shape index (κ3) is 5.49. The Balaban J connectivity index is 1.37. The molecule has 1 fully saturated rings. The molecule has 1 aliphatic carbocycles. The van der Waals surface area contributed by atoms with E-state index in [1.807, 2.05) is 54.6 Å². The Labute approximate surface area is 265 Å². The minimum absolute atomic E-state index is 0.104. The molecule has 2 aliphatic rings. The Hall–Kier alpha value is -4.52. The highest BCUT2D eigenvalue weighted by Gasteiger charge is 2.41. The van der Waals surface area contributed by atoms with Crippen LogP contribution in [0.3, 0.4) is 0 Å². The monoisotopic (exact) mass is 619 g/mol. The van der Waals surface area contributed by atoms with Crippen LogP contribution in [-0.2, 0) is 10.0 Å². The summed E-state index contributed by atoms with van der Waals surface area (Å²) in [5.74, 6) is 0.243. The molecule has 0 saturated carbocycles. The summed E-state index contributed by atoms with van der Waals surface area (Å²) >= 11 is 0. The van der Waals surface area contributed by atoms with Crippen LogP contribution >= 0.6 is 0 Å². The smallest absolute Gasteiger partial charge is 0.253 e. The van der Waals surface area contributed by atoms with Crippen LogP contribution in [-0.4, -0.2) is 72.1 Å². The van der Waals surface area contributed by atoms with E-state index in [2.05, 4.69) is 23.0 Å². The summed E-state index contributed by atoms with van der Waals surface area (Å²) < 4.78 is 29.1. The SMILES string of the molecule is CN1CCC(c2ccc(C3=CC(C)(S(=O)(=O)n4cc(-c5ccc(C(=O)N(C)C)cc5)c5cccnc54)CC=C3)cc2C#N)CC1. The van der Waals surface area contributed by atoms with E-state index < -0.39 is 14.8 Å². The molecule has 9 heteroatoms. The molecule has 1 amide bonds. The van der Waals surface area contributed by atoms with Crippen molar-refractivity contribution in [2.75, 3.05) is 34.2 Å². The van der Waals surface area contributed by atoms with E-state index in [4.69, 9.17) is 0 Å². The first-order valence-corrected chi connectivity index (χ1v) is 16.6. The average Bonchev–Trinajstić information content (AvgIpc) is 3.45. The van der Waals surface area contributed by atoms with Crippen molar-refractivity contribution in [3.63, 3.8) is 0 Å². The van der Waals surface area contributed by atoms with Crippen LogP contribution in [0.25, 0.3) is 27.7 Å². The zero-order chi connectivity index (χ0) is 31.9. The minimum Gasteiger partial charge on any atom is -0.345 e. The summed E-state index contributed by atoms with van der Waals surface area (Å²) in [6.45, 7) is 3.75. The highest BCUT2D eigenvalue weighted by atomic mass is 32.2. The molecule has 6 rings (SSSR count). The van der Waals surface area contributed by atoms with E-state index in [0.717, 1.165) is 48.2 Å². The number of pyridine rings is 1. The number of aromatic nitrogens is 2. The number of carbonyl (C=O) groups is 1. The van der Waals surface area contributed by atoms with Gasteiger partial charge in [-0.15, -0.1) is 0 Å². The molecule has 2 aromatic heterocycles. The predicted molar refractivity (Wildman–Crippen MR) is 178 cm³/mol. The molecule has 0 bridgehead atoms. The summed E-state index contributed by atoms with van der Waals surface area (Å²) in [5, 5.41) is 10.7. The van der Waals surface area contributed by atoms with Gasteiger partial charge in [0.25, 0.3) is 5.91 Å². The molecular formula is C36H37N5O3S. The highest BCUT2D eigenvalue weighted by Crippen LogP contribution is 2.39. The molecule has 4 aromatic rings. The number of allylic oxidation sites excluding steroid dienone is 3. The molecule has 1 saturated heterocycles. The van der Waals surface area contributed by atoms with Crippen LogP contribution in [0, 0.1) is 11.3 Å². The van der Waals surface area contributed by atoms with Gasteiger partial charge in [-0.3, -0.25) is 4.79 Å². The van der Waals surface area contributed by atoms with E-state index in [0.29, 0.717) is 40.1 Å². The number of rotatable bonds is 6. The quantitative estimate of drug-likeness (QED) is 0.260. The number of carbonyl (C=O) groups excluding carboxylic acids is 1. The van der Waals surface area contributed by atoms with Crippen molar-refractivity contribution in [1.29, 1.82) is 5.26 Å². The summed E-state index contributed by atoms with van der Waals surface area (Å²) in [6.07, 6.45) is 11.2. The van der Waals surface area contributed by atoms with Gasteiger partial charge in [0.15, 0.2) is 5.65 Å². The first kappa shape index (κ1) is 30.5. The topological polar surface area (TPSA) is 99.3 Å². The standard InChI is InChI=1S/C36H37N5O3S/c1-36(17-5-7-29(22-36)28-13-14-31(30(21-28)23-37)26-15-19-40(4)20-16-26)45(43,44)41-24-33(32-8-6-18-38-34(32)41)25-9-11-27(12-10-25)35(42)39(2)3/h5-14,18,21-22,24,26H,15-17,19-20H2,1-4H3. The van der Waals surface area contributed by atoms with Crippen LogP contribution in [0.15, 0.2) is 85.2 Å². The van der Waals surface area contributed by atoms with Crippen molar-refractivity contribution in [2.24, 2.45) is 0 Å². The predicted octanol–water partition coefficient (Wildman–Crippen LogP) is 6.07. The Morgan fingerprint density at radius 3 is 2.47 bits per heavy atom. The fraction of sp³-hybridized carbons (Fsp3) is 0.306. The summed E-state index contributed by atoms with van der Waals surface area (Å²) in [4.78, 5) is 20.7. The second-order valence-corrected chi connectivity index (χ2v) is 14.8. The van der Waals surface area contributed by atoms with Gasteiger partial charge in [0, 0.05) is 43.0 Å². The number of likely N-dealkylation sites (tertiary alicyclic amines) is 1. The van der Waals surface area contributed by atoms with E-state index in [9.17, 15) is 18.5 Å². The maximum atomic E-state index is 14.5. The van der Waals surface area contributed by atoms with Gasteiger partial charge in [0.1, 0.15) is 4.75 Å². The third-order valence-corrected chi connectivity index (χ3v) is 11.4. The van der Waals surface area contributed by atoms with Gasteiger partial charge in [-0.25, -0.2) is 17.4 Å². The van der Waals surface area contributed by atoms with E-state index in [1.54, 1.807) is 51.6 Å². The maximum absolute atomic E-state index is 14.5. The van der Waals surface area contributed by atoms with Crippen molar-refractivity contribution in [3.8, 4) is 17.2 Å². The van der Waals surface area contributed by atoms with Gasteiger partial charge in [-0.1, -0.05) is 42.5 Å². The summed E-state index contributed by atoms with van der Waals surface area (Å²) in [6, 6.07) is 19.2. The van der Waals surface area contributed by atoms with Gasteiger partial charge in [-0.2, -0.15) is 5.26 Å². The van der Waals surface area contributed by atoms with Crippen LogP contribution < -0.4 is 0 Å². The second-order valence-electron chi connectivity index (χ2n) is 12.5. The van der Waals surface area contributed by atoms with Gasteiger partial charge in [-0.05, 0) is 105 Å². The third-order valence-electron chi connectivity index (χ3n) is 9.18. The normalized spacial score (nSPS) is 19.3. The molecule has 230 valence electrons. The van der Waals surface area contributed by atoms with Crippen LogP contribution in [0.4, 0.5) is 0 Å². The van der Waals surface area contributed by atoms with Gasteiger partial charge < -0.3 is 9.80 Å². The summed E-state index contributed by atoms with van der Waals surface area (Å²) in [7, 11) is 1.53. The Bertz CT molecular complexity index is 1990. The minimum atomic E-state index is -4.00. The molecule has 2 aromatic carbocycles. The number of piperidine rings is 1. The van der Waals surface area contributed by atoms with Gasteiger partial charge >= 0.3 is 0 Å². The number of fused-ring (bicyclic) bond motifs is 1. The summed E-state index contributed by atoms with van der Waals surface area (Å²) in [5.41, 5.74) is 5.71. The lowest BCUT2D eigenvalue weighted by Crippen LogP contribution is -2.38. The molecular weight excluding hydrogens is 582 g/mol. The van der Waals surface area contributed by atoms with Gasteiger partial charge in [0.05, 0.1) is 11.6 Å². The number of hydrogen-bond donors (Lipinski definition) is 0. The van der Waals surface area contributed by atoms with Crippen molar-refractivity contribution in [3.05, 3.63) is 107 Å². The molecule has 0 spiro atoms. The molecule has 1 atom stereocenters. The van der Waals surface area contributed by atoms with Crippen LogP contribution in [0.2, 0.25) is 0 Å².